The fraction of sp³-hybridized carbons (Fsp3) is 0.258. The third-order valence-electron chi connectivity index (χ3n) is 7.32. The van der Waals surface area contributed by atoms with Crippen LogP contribution in [0.4, 0.5) is 15.9 Å². The van der Waals surface area contributed by atoms with E-state index in [-0.39, 0.29) is 11.9 Å². The van der Waals surface area contributed by atoms with Gasteiger partial charge in [0.2, 0.25) is 0 Å². The third kappa shape index (κ3) is 5.87. The van der Waals surface area contributed by atoms with Gasteiger partial charge in [0, 0.05) is 60.9 Å². The highest BCUT2D eigenvalue weighted by atomic mass is 19.1. The van der Waals surface area contributed by atoms with Crippen LogP contribution >= 0.6 is 0 Å². The van der Waals surface area contributed by atoms with E-state index >= 15 is 0 Å². The van der Waals surface area contributed by atoms with Gasteiger partial charge in [-0.3, -0.25) is 10.1 Å². The van der Waals surface area contributed by atoms with Gasteiger partial charge in [0.15, 0.2) is 11.5 Å². The van der Waals surface area contributed by atoms with Crippen molar-refractivity contribution in [2.45, 2.75) is 13.0 Å². The number of nitrogens with zero attached hydrogens (tertiary/aromatic N) is 7. The lowest BCUT2D eigenvalue weighted by Gasteiger charge is -2.37. The van der Waals surface area contributed by atoms with Gasteiger partial charge in [0.05, 0.1) is 29.2 Å². The first-order chi connectivity index (χ1) is 20.8. The van der Waals surface area contributed by atoms with Crippen molar-refractivity contribution in [3.8, 4) is 22.8 Å². The van der Waals surface area contributed by atoms with E-state index < -0.39 is 0 Å². The highest BCUT2D eigenvalue weighted by Crippen LogP contribution is 2.32. The zero-order valence-electron chi connectivity index (χ0n) is 24.4. The topological polar surface area (TPSA) is 141 Å². The average molecular weight is 580 g/mol. The summed E-state index contributed by atoms with van der Waals surface area (Å²) < 4.78 is 14.8. The summed E-state index contributed by atoms with van der Waals surface area (Å²) >= 11 is 0. The Morgan fingerprint density at radius 1 is 1.19 bits per heavy atom. The molecule has 6 rings (SSSR count). The minimum absolute atomic E-state index is 0.160. The fourth-order valence-corrected chi connectivity index (χ4v) is 5.11. The number of benzene rings is 1. The smallest absolute Gasteiger partial charge is 0.181 e. The van der Waals surface area contributed by atoms with Crippen molar-refractivity contribution < 1.29 is 4.39 Å². The number of hydrogen-bond donors (Lipinski definition) is 4. The van der Waals surface area contributed by atoms with Crippen molar-refractivity contribution in [1.29, 1.82) is 0 Å². The first-order valence-electron chi connectivity index (χ1n) is 14.1. The van der Waals surface area contributed by atoms with Crippen LogP contribution in [0, 0.1) is 12.7 Å². The van der Waals surface area contributed by atoms with Gasteiger partial charge in [0.1, 0.15) is 17.3 Å². The van der Waals surface area contributed by atoms with E-state index in [9.17, 15) is 4.39 Å². The van der Waals surface area contributed by atoms with Crippen LogP contribution in [0.5, 0.6) is 0 Å². The Morgan fingerprint density at radius 3 is 2.79 bits per heavy atom. The molecular weight excluding hydrogens is 545 g/mol. The first kappa shape index (κ1) is 28.2. The maximum Gasteiger partial charge on any atom is 0.181 e. The van der Waals surface area contributed by atoms with Crippen LogP contribution in [0.3, 0.4) is 0 Å². The van der Waals surface area contributed by atoms with E-state index in [4.69, 9.17) is 15.7 Å². The molecule has 0 bridgehead atoms. The average Bonchev–Trinajstić information content (AvgIpc) is 3.56. The van der Waals surface area contributed by atoms with Gasteiger partial charge < -0.3 is 25.8 Å². The maximum absolute atomic E-state index is 14.8. The van der Waals surface area contributed by atoms with Gasteiger partial charge in [-0.05, 0) is 50.8 Å². The van der Waals surface area contributed by atoms with E-state index in [1.807, 2.05) is 39.2 Å². The van der Waals surface area contributed by atoms with Crippen molar-refractivity contribution in [3.05, 3.63) is 84.4 Å². The second kappa shape index (κ2) is 11.7. The van der Waals surface area contributed by atoms with Crippen LogP contribution in [-0.4, -0.2) is 86.3 Å². The molecule has 11 nitrogen and oxygen atoms in total. The number of anilines is 2. The molecule has 0 spiro atoms. The molecule has 0 radical (unpaired) electrons. The molecule has 0 unspecified atom stereocenters. The quantitative estimate of drug-likeness (QED) is 0.181. The molecule has 1 saturated heterocycles. The minimum atomic E-state index is -0.337. The van der Waals surface area contributed by atoms with E-state index in [2.05, 4.69) is 46.8 Å². The number of fused-ring (bicyclic) bond motifs is 1. The zero-order chi connectivity index (χ0) is 30.1. The number of nitrogens with two attached hydrogens (primary N) is 1. The number of nitrogens with one attached hydrogen (secondary N) is 3. The number of aromatic amines is 2. The molecule has 220 valence electrons. The first-order valence-corrected chi connectivity index (χ1v) is 14.1. The predicted molar refractivity (Wildman–Crippen MR) is 168 cm³/mol. The summed E-state index contributed by atoms with van der Waals surface area (Å²) in [6.45, 7) is 8.85. The molecule has 5 heterocycles. The number of likely N-dealkylation sites (N-methyl/N-ethyl adjacent to an activating group) is 1. The maximum atomic E-state index is 14.8. The summed E-state index contributed by atoms with van der Waals surface area (Å²) in [6, 6.07) is 7.06. The van der Waals surface area contributed by atoms with Crippen molar-refractivity contribution in [2.75, 3.05) is 50.5 Å². The number of H-pyrrole nitrogens is 2. The summed E-state index contributed by atoms with van der Waals surface area (Å²) in [5, 5.41) is 11.6. The molecule has 0 saturated carbocycles. The van der Waals surface area contributed by atoms with E-state index in [1.165, 1.54) is 12.1 Å². The molecule has 5 aromatic rings. The SMILES string of the molecule is C=C/C=C(/c1cc(F)cc(NCCN(C)C)c1)c1nc(-c2[nH]nc3ncc(-c4cncc(N5CC(N)C5)n4)cc23)[nH]c1C. The minimum Gasteiger partial charge on any atom is -0.384 e. The van der Waals surface area contributed by atoms with Crippen LogP contribution in [-0.2, 0) is 0 Å². The molecule has 1 aliphatic rings. The van der Waals surface area contributed by atoms with Crippen molar-refractivity contribution >= 4 is 28.1 Å². The number of rotatable bonds is 10. The lowest BCUT2D eigenvalue weighted by Crippen LogP contribution is -2.56. The highest BCUT2D eigenvalue weighted by molar-refractivity contribution is 5.92. The molecule has 1 aliphatic heterocycles. The van der Waals surface area contributed by atoms with Crippen LogP contribution < -0.4 is 16.0 Å². The van der Waals surface area contributed by atoms with Crippen LogP contribution in [0.25, 0.3) is 39.4 Å². The monoisotopic (exact) mass is 579 g/mol. The van der Waals surface area contributed by atoms with E-state index in [1.54, 1.807) is 24.7 Å². The second-order valence-electron chi connectivity index (χ2n) is 11.0. The Labute approximate surface area is 248 Å². The molecular formula is C31H34FN11. The lowest BCUT2D eigenvalue weighted by molar-refractivity contribution is 0.425. The van der Waals surface area contributed by atoms with Gasteiger partial charge in [0.25, 0.3) is 0 Å². The summed E-state index contributed by atoms with van der Waals surface area (Å²) in [6.07, 6.45) is 8.72. The zero-order valence-corrected chi connectivity index (χ0v) is 24.4. The molecule has 1 fully saturated rings. The van der Waals surface area contributed by atoms with Crippen molar-refractivity contribution in [2.24, 2.45) is 5.73 Å². The summed E-state index contributed by atoms with van der Waals surface area (Å²) in [7, 11) is 4.00. The Morgan fingerprint density at radius 2 is 2.02 bits per heavy atom. The number of hydrogen-bond acceptors (Lipinski definition) is 9. The molecule has 4 aromatic heterocycles. The highest BCUT2D eigenvalue weighted by Gasteiger charge is 2.25. The number of allylic oxidation sites excluding steroid dienone is 2. The Balaban J connectivity index is 1.34. The number of pyridine rings is 1. The number of aryl methyl sites for hydroxylation is 1. The fourth-order valence-electron chi connectivity index (χ4n) is 5.11. The second-order valence-corrected chi connectivity index (χ2v) is 11.0. The Hall–Kier alpha value is -4.94. The molecule has 5 N–H and O–H groups in total. The molecule has 12 heteroatoms. The van der Waals surface area contributed by atoms with Crippen LogP contribution in [0.2, 0.25) is 0 Å². The molecule has 43 heavy (non-hydrogen) atoms. The normalized spacial score (nSPS) is 14.0. The van der Waals surface area contributed by atoms with Crippen molar-refractivity contribution in [3.63, 3.8) is 0 Å². The third-order valence-corrected chi connectivity index (χ3v) is 7.32. The summed E-state index contributed by atoms with van der Waals surface area (Å²) in [4.78, 5) is 26.2. The van der Waals surface area contributed by atoms with Crippen LogP contribution in [0.15, 0.2) is 61.6 Å². The van der Waals surface area contributed by atoms with Crippen LogP contribution in [0.1, 0.15) is 17.0 Å². The van der Waals surface area contributed by atoms with Gasteiger partial charge in [-0.15, -0.1) is 0 Å². The molecule has 0 aliphatic carbocycles. The number of imidazole rings is 1. The largest absolute Gasteiger partial charge is 0.384 e. The molecule has 1 aromatic carbocycles. The van der Waals surface area contributed by atoms with E-state index in [0.717, 1.165) is 47.7 Å². The standard InChI is InChI=1S/C31H34FN11/c1-5-6-24(19-9-21(32)12-23(10-19)35-7-8-42(3)4)28-18(2)37-31(39-28)29-25-11-20(13-36-30(25)41-40-29)26-14-34-15-27(38-26)43-16-22(33)17-43/h5-6,9-15,22,35H,1,7-8,16-17,33H2,2-4H3,(H,37,39)(H,36,40,41)/b24-6-. The summed E-state index contributed by atoms with van der Waals surface area (Å²) in [5.41, 5.74) is 12.3. The van der Waals surface area contributed by atoms with E-state index in [0.29, 0.717) is 46.3 Å². The van der Waals surface area contributed by atoms with Gasteiger partial charge in [-0.25, -0.2) is 19.3 Å². The molecule has 0 atom stereocenters. The predicted octanol–water partition coefficient (Wildman–Crippen LogP) is 3.99. The Kier molecular flexibility index (Phi) is 7.70. The summed E-state index contributed by atoms with van der Waals surface area (Å²) in [5.74, 6) is 1.03. The van der Waals surface area contributed by atoms with Gasteiger partial charge in [-0.2, -0.15) is 5.10 Å². The molecule has 0 amide bonds. The van der Waals surface area contributed by atoms with Gasteiger partial charge >= 0.3 is 0 Å². The van der Waals surface area contributed by atoms with Crippen molar-refractivity contribution in [1.82, 2.24) is 40.0 Å². The number of aromatic nitrogens is 7. The van der Waals surface area contributed by atoms with Gasteiger partial charge in [-0.1, -0.05) is 18.7 Å². The number of halogens is 1. The Bertz CT molecular complexity index is 1810. The lowest BCUT2D eigenvalue weighted by atomic mass is 10.00.